The molecule has 1 atom stereocenters. The third-order valence-electron chi connectivity index (χ3n) is 4.61. The molecule has 0 amide bonds. The van der Waals surface area contributed by atoms with Gasteiger partial charge in [-0.2, -0.15) is 0 Å². The fourth-order valence-electron chi connectivity index (χ4n) is 2.75. The lowest BCUT2D eigenvalue weighted by Gasteiger charge is -2.47. The summed E-state index contributed by atoms with van der Waals surface area (Å²) in [6.07, 6.45) is 0. The van der Waals surface area contributed by atoms with Crippen molar-refractivity contribution in [3.63, 3.8) is 0 Å². The number of aryl methyl sites for hydroxylation is 1. The second kappa shape index (κ2) is 4.43. The molecule has 1 heterocycles. The van der Waals surface area contributed by atoms with Crippen LogP contribution in [0.3, 0.4) is 0 Å². The van der Waals surface area contributed by atoms with Crippen LogP contribution < -0.4 is 5.73 Å². The molecule has 0 radical (unpaired) electrons. The van der Waals surface area contributed by atoms with Crippen LogP contribution >= 0.6 is 0 Å². The summed E-state index contributed by atoms with van der Waals surface area (Å²) in [5.41, 5.74) is 11.6. The Hall–Kier alpha value is -0.860. The Labute approximate surface area is 104 Å². The first-order valence-corrected chi connectivity index (χ1v) is 6.38. The summed E-state index contributed by atoms with van der Waals surface area (Å²) in [5.74, 6) is 0.469. The molecule has 1 unspecified atom stereocenters. The van der Waals surface area contributed by atoms with Crippen LogP contribution in [0.1, 0.15) is 29.2 Å². The Morgan fingerprint density at radius 1 is 1.24 bits per heavy atom. The largest absolute Gasteiger partial charge is 0.379 e. The molecule has 94 valence electrons. The van der Waals surface area contributed by atoms with E-state index in [9.17, 15) is 0 Å². The predicted octanol–water partition coefficient (Wildman–Crippen LogP) is 2.47. The SMILES string of the molecule is Cc1ccc(C2(C(C)CN)COC2)c(C)c1C. The van der Waals surface area contributed by atoms with E-state index in [0.717, 1.165) is 19.8 Å². The summed E-state index contributed by atoms with van der Waals surface area (Å²) in [7, 11) is 0. The molecule has 1 aromatic rings. The number of rotatable bonds is 3. The predicted molar refractivity (Wildman–Crippen MR) is 71.4 cm³/mol. The zero-order valence-electron chi connectivity index (χ0n) is 11.3. The van der Waals surface area contributed by atoms with Crippen molar-refractivity contribution in [2.75, 3.05) is 19.8 Å². The Balaban J connectivity index is 2.49. The number of nitrogens with two attached hydrogens (primary N) is 1. The molecule has 2 rings (SSSR count). The van der Waals surface area contributed by atoms with Crippen LogP contribution in [0, 0.1) is 26.7 Å². The van der Waals surface area contributed by atoms with Gasteiger partial charge in [0.05, 0.1) is 13.2 Å². The fourth-order valence-corrected chi connectivity index (χ4v) is 2.75. The monoisotopic (exact) mass is 233 g/mol. The van der Waals surface area contributed by atoms with Crippen molar-refractivity contribution in [1.29, 1.82) is 0 Å². The van der Waals surface area contributed by atoms with Crippen molar-refractivity contribution in [3.8, 4) is 0 Å². The lowest BCUT2D eigenvalue weighted by atomic mass is 9.67. The lowest BCUT2D eigenvalue weighted by Crippen LogP contribution is -2.54. The van der Waals surface area contributed by atoms with E-state index in [4.69, 9.17) is 10.5 Å². The first-order valence-electron chi connectivity index (χ1n) is 6.38. The normalized spacial score (nSPS) is 19.8. The summed E-state index contributed by atoms with van der Waals surface area (Å²) in [5, 5.41) is 0. The van der Waals surface area contributed by atoms with Crippen molar-refractivity contribution in [2.24, 2.45) is 11.7 Å². The minimum atomic E-state index is 0.150. The molecular formula is C15H23NO. The van der Waals surface area contributed by atoms with E-state index in [1.165, 1.54) is 22.3 Å². The number of benzene rings is 1. The maximum Gasteiger partial charge on any atom is 0.0588 e. The Morgan fingerprint density at radius 3 is 2.35 bits per heavy atom. The van der Waals surface area contributed by atoms with Crippen LogP contribution in [0.25, 0.3) is 0 Å². The standard InChI is InChI=1S/C15H23NO/c1-10-5-6-14(13(4)12(10)3)15(8-17-9-15)11(2)7-16/h5-6,11H,7-9,16H2,1-4H3. The van der Waals surface area contributed by atoms with Gasteiger partial charge in [-0.25, -0.2) is 0 Å². The molecule has 17 heavy (non-hydrogen) atoms. The second-order valence-corrected chi connectivity index (χ2v) is 5.47. The highest BCUT2D eigenvalue weighted by atomic mass is 16.5. The summed E-state index contributed by atoms with van der Waals surface area (Å²) in [6.45, 7) is 11.2. The van der Waals surface area contributed by atoms with Gasteiger partial charge in [0.15, 0.2) is 0 Å². The number of ether oxygens (including phenoxy) is 1. The Morgan fingerprint density at radius 2 is 1.88 bits per heavy atom. The van der Waals surface area contributed by atoms with Crippen molar-refractivity contribution in [2.45, 2.75) is 33.1 Å². The third-order valence-corrected chi connectivity index (χ3v) is 4.61. The van der Waals surface area contributed by atoms with Gasteiger partial charge >= 0.3 is 0 Å². The van der Waals surface area contributed by atoms with Gasteiger partial charge in [0.1, 0.15) is 0 Å². The highest BCUT2D eigenvalue weighted by Crippen LogP contribution is 2.41. The summed E-state index contributed by atoms with van der Waals surface area (Å²) < 4.78 is 5.49. The smallest absolute Gasteiger partial charge is 0.0588 e. The van der Waals surface area contributed by atoms with E-state index in [2.05, 4.69) is 39.8 Å². The lowest BCUT2D eigenvalue weighted by molar-refractivity contribution is -0.0857. The van der Waals surface area contributed by atoms with Crippen molar-refractivity contribution in [3.05, 3.63) is 34.4 Å². The molecule has 2 heteroatoms. The Bertz CT molecular complexity index is 421. The van der Waals surface area contributed by atoms with E-state index in [-0.39, 0.29) is 5.41 Å². The van der Waals surface area contributed by atoms with Gasteiger partial charge in [-0.05, 0) is 55.5 Å². The molecule has 0 aliphatic carbocycles. The van der Waals surface area contributed by atoms with E-state index in [1.807, 2.05) is 0 Å². The van der Waals surface area contributed by atoms with Crippen molar-refractivity contribution >= 4 is 0 Å². The average Bonchev–Trinajstić information content (AvgIpc) is 2.27. The maximum absolute atomic E-state index is 5.87. The van der Waals surface area contributed by atoms with Crippen LogP contribution in [-0.4, -0.2) is 19.8 Å². The topological polar surface area (TPSA) is 35.2 Å². The average molecular weight is 233 g/mol. The zero-order valence-corrected chi connectivity index (χ0v) is 11.3. The summed E-state index contributed by atoms with van der Waals surface area (Å²) in [6, 6.07) is 4.49. The summed E-state index contributed by atoms with van der Waals surface area (Å²) in [4.78, 5) is 0. The number of hydrogen-bond acceptors (Lipinski definition) is 2. The van der Waals surface area contributed by atoms with Crippen LogP contribution in [0.15, 0.2) is 12.1 Å². The van der Waals surface area contributed by atoms with Gasteiger partial charge in [0.25, 0.3) is 0 Å². The van der Waals surface area contributed by atoms with E-state index < -0.39 is 0 Å². The maximum atomic E-state index is 5.87. The van der Waals surface area contributed by atoms with Crippen molar-refractivity contribution < 1.29 is 4.74 Å². The molecule has 1 aromatic carbocycles. The minimum Gasteiger partial charge on any atom is -0.379 e. The van der Waals surface area contributed by atoms with Crippen LogP contribution in [0.4, 0.5) is 0 Å². The molecule has 1 aliphatic rings. The molecule has 1 saturated heterocycles. The first kappa shape index (κ1) is 12.6. The van der Waals surface area contributed by atoms with Gasteiger partial charge in [0.2, 0.25) is 0 Å². The minimum absolute atomic E-state index is 0.150. The second-order valence-electron chi connectivity index (χ2n) is 5.47. The molecular weight excluding hydrogens is 210 g/mol. The molecule has 0 bridgehead atoms. The van der Waals surface area contributed by atoms with Gasteiger partial charge in [-0.15, -0.1) is 0 Å². The molecule has 0 saturated carbocycles. The van der Waals surface area contributed by atoms with Gasteiger partial charge in [-0.3, -0.25) is 0 Å². The van der Waals surface area contributed by atoms with Gasteiger partial charge in [-0.1, -0.05) is 19.1 Å². The quantitative estimate of drug-likeness (QED) is 0.870. The molecule has 0 spiro atoms. The highest BCUT2D eigenvalue weighted by Gasteiger charge is 2.45. The van der Waals surface area contributed by atoms with Crippen LogP contribution in [0.5, 0.6) is 0 Å². The van der Waals surface area contributed by atoms with Crippen molar-refractivity contribution in [1.82, 2.24) is 0 Å². The van der Waals surface area contributed by atoms with E-state index >= 15 is 0 Å². The van der Waals surface area contributed by atoms with Gasteiger partial charge < -0.3 is 10.5 Å². The molecule has 2 N–H and O–H groups in total. The molecule has 2 nitrogen and oxygen atoms in total. The van der Waals surface area contributed by atoms with E-state index in [0.29, 0.717) is 5.92 Å². The van der Waals surface area contributed by atoms with E-state index in [1.54, 1.807) is 0 Å². The number of hydrogen-bond donors (Lipinski definition) is 1. The summed E-state index contributed by atoms with van der Waals surface area (Å²) >= 11 is 0. The highest BCUT2D eigenvalue weighted by molar-refractivity contribution is 5.44. The van der Waals surface area contributed by atoms with Crippen LogP contribution in [0.2, 0.25) is 0 Å². The fraction of sp³-hybridized carbons (Fsp3) is 0.600. The Kier molecular flexibility index (Phi) is 3.28. The molecule has 0 aromatic heterocycles. The molecule has 1 fully saturated rings. The first-order chi connectivity index (χ1) is 8.03. The zero-order chi connectivity index (χ0) is 12.6. The third kappa shape index (κ3) is 1.80. The van der Waals surface area contributed by atoms with Gasteiger partial charge in [0, 0.05) is 5.41 Å². The van der Waals surface area contributed by atoms with Crippen LogP contribution in [-0.2, 0) is 10.2 Å². The molecule has 1 aliphatic heterocycles.